The minimum Gasteiger partial charge on any atom is -0.478 e. The first kappa shape index (κ1) is 36.2. The minimum atomic E-state index is -4.32. The molecular formula is C31H42B4F3N7O4S. The van der Waals surface area contributed by atoms with Crippen molar-refractivity contribution >= 4 is 59.0 Å². The summed E-state index contributed by atoms with van der Waals surface area (Å²) in [4.78, 5) is 24.9. The number of nitrogens with zero attached hydrogens (tertiary/aromatic N) is 5. The maximum absolute atomic E-state index is 14.1. The molecule has 2 aliphatic heterocycles. The van der Waals surface area contributed by atoms with Crippen molar-refractivity contribution in [3.63, 3.8) is 0 Å². The molecule has 2 atom stereocenters. The van der Waals surface area contributed by atoms with E-state index in [4.69, 9.17) is 9.72 Å². The summed E-state index contributed by atoms with van der Waals surface area (Å²) in [7, 11) is 2.57. The molecule has 3 aliphatic rings. The highest BCUT2D eigenvalue weighted by molar-refractivity contribution is 7.90. The number of rotatable bonds is 6. The van der Waals surface area contributed by atoms with Crippen LogP contribution in [0.4, 0.5) is 24.8 Å². The molecule has 2 fully saturated rings. The molecule has 11 nitrogen and oxygen atoms in total. The zero-order valence-electron chi connectivity index (χ0n) is 29.6. The molecule has 2 N–H and O–H groups in total. The third-order valence-electron chi connectivity index (χ3n) is 11.8. The molecule has 5 heterocycles. The number of sulfonamides is 1. The van der Waals surface area contributed by atoms with E-state index in [2.05, 4.69) is 45.8 Å². The van der Waals surface area contributed by atoms with Gasteiger partial charge in [-0.3, -0.25) is 4.79 Å². The lowest BCUT2D eigenvalue weighted by Gasteiger charge is -2.48. The number of aromatic nitrogens is 4. The van der Waals surface area contributed by atoms with E-state index >= 15 is 0 Å². The molecule has 50 heavy (non-hydrogen) atoms. The van der Waals surface area contributed by atoms with Gasteiger partial charge in [-0.25, -0.2) is 19.4 Å². The highest BCUT2D eigenvalue weighted by Crippen LogP contribution is 2.73. The predicted octanol–water partition coefficient (Wildman–Crippen LogP) is 1.32. The molecule has 1 saturated heterocycles. The average Bonchev–Trinajstić information content (AvgIpc) is 3.64. The zero-order valence-corrected chi connectivity index (χ0v) is 30.4. The number of ether oxygens (including phenoxy) is 1. The van der Waals surface area contributed by atoms with Gasteiger partial charge >= 0.3 is 6.18 Å². The van der Waals surface area contributed by atoms with Gasteiger partial charge in [0.25, 0.3) is 15.9 Å². The molecule has 3 aromatic rings. The molecular weight excluding hydrogens is 667 g/mol. The highest BCUT2D eigenvalue weighted by atomic mass is 32.2. The predicted molar refractivity (Wildman–Crippen MR) is 195 cm³/mol. The Morgan fingerprint density at radius 1 is 1.06 bits per heavy atom. The summed E-state index contributed by atoms with van der Waals surface area (Å²) in [5, 5.41) is 5.52. The van der Waals surface area contributed by atoms with Crippen LogP contribution in [0.5, 0.6) is 5.88 Å². The van der Waals surface area contributed by atoms with Crippen molar-refractivity contribution < 1.29 is 31.1 Å². The standard InChI is InChI=1S/C31H42B4F3N7O4S/c1-18-9-13-39-21-5-4-6-24(40-21)50(47,48)43-26(46)20-7-8-22(41-25(20)44-16-19(18)15-27(44,2)3)45-14-10-23(42-45)49-17-29(32,33)30(34,35)28(11-12-28)31(36,37)38/h4-8,10,14,18-19H,9,11-13,15-17,32-35H2,1-3H3,(H,39,40)(H,43,46)/t18-,19?/m0/s1. The van der Waals surface area contributed by atoms with Gasteiger partial charge in [-0.2, -0.15) is 21.6 Å². The number of pyridine rings is 2. The number of carbonyl (C=O) groups excluding carboxylic acids is 1. The van der Waals surface area contributed by atoms with Crippen molar-refractivity contribution in [3.05, 3.63) is 48.2 Å². The smallest absolute Gasteiger partial charge is 0.393 e. The van der Waals surface area contributed by atoms with Crippen LogP contribution in [0.1, 0.15) is 56.8 Å². The largest absolute Gasteiger partial charge is 0.478 e. The second-order valence-corrected chi connectivity index (χ2v) is 17.5. The molecule has 1 unspecified atom stereocenters. The molecule has 0 spiro atoms. The van der Waals surface area contributed by atoms with Crippen molar-refractivity contribution in [2.75, 3.05) is 29.9 Å². The fourth-order valence-corrected chi connectivity index (χ4v) is 8.47. The van der Waals surface area contributed by atoms with Crippen molar-refractivity contribution in [3.8, 4) is 11.7 Å². The van der Waals surface area contributed by atoms with Crippen molar-refractivity contribution in [2.45, 2.75) is 73.6 Å². The lowest BCUT2D eigenvalue weighted by molar-refractivity contribution is -0.193. The Kier molecular flexibility index (Phi) is 8.87. The van der Waals surface area contributed by atoms with E-state index in [0.717, 1.165) is 12.8 Å². The van der Waals surface area contributed by atoms with E-state index in [-0.39, 0.29) is 41.8 Å². The summed E-state index contributed by atoms with van der Waals surface area (Å²) in [5.41, 5.74) is -2.08. The normalized spacial score (nSPS) is 23.1. The number of nitrogens with one attached hydrogen (secondary N) is 2. The average molecular weight is 709 g/mol. The lowest BCUT2D eigenvalue weighted by atomic mass is 9.26. The summed E-state index contributed by atoms with van der Waals surface area (Å²) in [6, 6.07) is 9.30. The fourth-order valence-electron chi connectivity index (χ4n) is 7.54. The molecule has 1 saturated carbocycles. The molecule has 0 aromatic carbocycles. The van der Waals surface area contributed by atoms with Crippen LogP contribution in [0.15, 0.2) is 47.6 Å². The van der Waals surface area contributed by atoms with Gasteiger partial charge in [-0.15, -0.1) is 5.10 Å². The Bertz CT molecular complexity index is 1900. The lowest BCUT2D eigenvalue weighted by Crippen LogP contribution is -2.48. The Labute approximate surface area is 294 Å². The van der Waals surface area contributed by atoms with Gasteiger partial charge in [0.15, 0.2) is 10.8 Å². The highest BCUT2D eigenvalue weighted by Gasteiger charge is 2.72. The number of carbonyl (C=O) groups is 1. The number of anilines is 2. The number of halogens is 3. The van der Waals surface area contributed by atoms with E-state index < -0.39 is 43.5 Å². The van der Waals surface area contributed by atoms with Gasteiger partial charge in [0.05, 0.1) is 33.3 Å². The summed E-state index contributed by atoms with van der Waals surface area (Å²) in [6.45, 7) is 7.56. The second kappa shape index (κ2) is 12.3. The Morgan fingerprint density at radius 3 is 2.46 bits per heavy atom. The summed E-state index contributed by atoms with van der Waals surface area (Å²) < 4.78 is 78.5. The third kappa shape index (κ3) is 6.38. The fraction of sp³-hybridized carbons (Fsp3) is 0.548. The molecule has 6 rings (SSSR count). The van der Waals surface area contributed by atoms with Gasteiger partial charge in [-0.1, -0.05) is 23.4 Å². The van der Waals surface area contributed by atoms with Gasteiger partial charge in [0.1, 0.15) is 27.3 Å². The SMILES string of the molecule is BC(B)(COc1ccn(-c2ccc3c(n2)N2CC(CC2(C)C)[C@@H](C)CCNc2cccc(n2)S(=O)(=O)NC3=O)n1)C(B)(B)C1(C(F)(F)F)CC1. The van der Waals surface area contributed by atoms with E-state index in [9.17, 15) is 26.4 Å². The number of fused-ring (bicyclic) bond motifs is 6. The first-order chi connectivity index (χ1) is 23.2. The van der Waals surface area contributed by atoms with Gasteiger partial charge in [-0.05, 0) is 75.6 Å². The molecule has 1 amide bonds. The molecule has 3 aromatic heterocycles. The molecule has 0 radical (unpaired) electrons. The summed E-state index contributed by atoms with van der Waals surface area (Å²) >= 11 is 0. The quantitative estimate of drug-likeness (QED) is 0.365. The molecule has 1 aliphatic carbocycles. The summed E-state index contributed by atoms with van der Waals surface area (Å²) in [6.07, 6.45) is -0.819. The Hall–Kier alpha value is -3.62. The minimum absolute atomic E-state index is 0.00985. The first-order valence-electron chi connectivity index (χ1n) is 17.0. The molecule has 19 heteroatoms. The van der Waals surface area contributed by atoms with Gasteiger partial charge in [0, 0.05) is 30.9 Å². The number of hydrogen-bond donors (Lipinski definition) is 2. The van der Waals surface area contributed by atoms with Crippen LogP contribution in [0, 0.1) is 17.3 Å². The Balaban J connectivity index is 1.31. The van der Waals surface area contributed by atoms with Crippen LogP contribution in [-0.2, 0) is 10.0 Å². The second-order valence-electron chi connectivity index (χ2n) is 15.9. The monoisotopic (exact) mass is 709 g/mol. The number of amides is 1. The van der Waals surface area contributed by atoms with Crippen LogP contribution in [-0.4, -0.2) is 96.9 Å². The topological polar surface area (TPSA) is 131 Å². The maximum atomic E-state index is 14.1. The van der Waals surface area contributed by atoms with Crippen LogP contribution in [0.25, 0.3) is 5.82 Å². The zero-order chi connectivity index (χ0) is 36.5. The van der Waals surface area contributed by atoms with E-state index in [0.29, 0.717) is 36.5 Å². The number of hydrogen-bond acceptors (Lipinski definition) is 9. The molecule has 264 valence electrons. The molecule has 4 bridgehead atoms. The first-order valence-corrected chi connectivity index (χ1v) is 18.5. The van der Waals surface area contributed by atoms with Gasteiger partial charge < -0.3 is 15.0 Å². The summed E-state index contributed by atoms with van der Waals surface area (Å²) in [5.74, 6) is 1.01. The number of alkyl halides is 3. The van der Waals surface area contributed by atoms with Crippen LogP contribution >= 0.6 is 0 Å². The van der Waals surface area contributed by atoms with Crippen LogP contribution < -0.4 is 19.7 Å². The van der Waals surface area contributed by atoms with Crippen molar-refractivity contribution in [1.82, 2.24) is 24.5 Å². The van der Waals surface area contributed by atoms with Gasteiger partial charge in [0.2, 0.25) is 5.88 Å². The van der Waals surface area contributed by atoms with Crippen LogP contribution in [0.2, 0.25) is 10.4 Å². The maximum Gasteiger partial charge on any atom is 0.393 e. The third-order valence-corrected chi connectivity index (χ3v) is 13.0. The van der Waals surface area contributed by atoms with E-state index in [1.165, 1.54) is 16.8 Å². The van der Waals surface area contributed by atoms with Crippen molar-refractivity contribution in [2.24, 2.45) is 17.3 Å². The van der Waals surface area contributed by atoms with Crippen LogP contribution in [0.3, 0.4) is 0 Å². The van der Waals surface area contributed by atoms with Crippen molar-refractivity contribution in [1.29, 1.82) is 0 Å². The Morgan fingerprint density at radius 2 is 1.78 bits per heavy atom. The van der Waals surface area contributed by atoms with E-state index in [1.54, 1.807) is 61.8 Å². The van der Waals surface area contributed by atoms with E-state index in [1.807, 2.05) is 0 Å².